The molecule has 3 aliphatic rings. The number of aryl methyl sites for hydroxylation is 1. The number of hydrogen-bond donors (Lipinski definition) is 1. The molecule has 6 nitrogen and oxygen atoms in total. The van der Waals surface area contributed by atoms with Crippen molar-refractivity contribution in [3.63, 3.8) is 0 Å². The molecule has 4 heterocycles. The van der Waals surface area contributed by atoms with E-state index in [0.717, 1.165) is 54.3 Å². The number of β-amino-alcohol motifs (C(OH)–C–C–N with tert-alkyl or cyclic N) is 1. The van der Waals surface area contributed by atoms with Gasteiger partial charge < -0.3 is 14.9 Å². The molecule has 1 N–H and O–H groups in total. The Morgan fingerprint density at radius 2 is 2.10 bits per heavy atom. The van der Waals surface area contributed by atoms with Crippen molar-refractivity contribution in [1.82, 2.24) is 19.6 Å². The van der Waals surface area contributed by atoms with Gasteiger partial charge in [-0.1, -0.05) is 26.8 Å². The van der Waals surface area contributed by atoms with Crippen LogP contribution in [0, 0.1) is 5.92 Å². The molecule has 1 amide bonds. The first-order chi connectivity index (χ1) is 14.6. The van der Waals surface area contributed by atoms with E-state index in [1.165, 1.54) is 5.57 Å². The van der Waals surface area contributed by atoms with Crippen molar-refractivity contribution in [2.24, 2.45) is 13.0 Å². The highest BCUT2D eigenvalue weighted by Crippen LogP contribution is 2.45. The molecule has 0 bridgehead atoms. The molecule has 1 fully saturated rings. The summed E-state index contributed by atoms with van der Waals surface area (Å²) in [6, 6.07) is 6.24. The molecule has 3 aliphatic heterocycles. The fourth-order valence-corrected chi connectivity index (χ4v) is 6.03. The molecule has 0 spiro atoms. The van der Waals surface area contributed by atoms with Crippen LogP contribution in [-0.4, -0.2) is 62.6 Å². The van der Waals surface area contributed by atoms with Crippen LogP contribution in [0.3, 0.4) is 0 Å². The smallest absolute Gasteiger partial charge is 0.252 e. The lowest BCUT2D eigenvalue weighted by atomic mass is 9.88. The average Bonchev–Trinajstić information content (AvgIpc) is 3.13. The molecular formula is C23H27N4O2P. The lowest BCUT2D eigenvalue weighted by molar-refractivity contribution is -0.123. The van der Waals surface area contributed by atoms with Gasteiger partial charge in [0, 0.05) is 37.5 Å². The van der Waals surface area contributed by atoms with Gasteiger partial charge >= 0.3 is 0 Å². The SMILES string of the molecule is Cn1cc2cc(C3=CC(=O)N4C=C(C5CCN(CCO)CC5)C=CC4P3)ccc2n1. The van der Waals surface area contributed by atoms with Gasteiger partial charge in [-0.05, 0) is 60.4 Å². The zero-order chi connectivity index (χ0) is 20.7. The number of hydrogen-bond acceptors (Lipinski definition) is 4. The third-order valence-electron chi connectivity index (χ3n) is 6.29. The van der Waals surface area contributed by atoms with E-state index in [9.17, 15) is 4.79 Å². The predicted molar refractivity (Wildman–Crippen MR) is 121 cm³/mol. The Labute approximate surface area is 178 Å². The minimum atomic E-state index is 0.0691. The summed E-state index contributed by atoms with van der Waals surface area (Å²) in [5.41, 5.74) is 3.35. The number of carbonyl (C=O) groups is 1. The van der Waals surface area contributed by atoms with E-state index in [4.69, 9.17) is 5.11 Å². The number of aliphatic hydroxyl groups is 1. The number of nitrogens with zero attached hydrogens (tertiary/aromatic N) is 4. The summed E-state index contributed by atoms with van der Waals surface area (Å²) >= 11 is 0. The van der Waals surface area contributed by atoms with Crippen molar-refractivity contribution in [3.8, 4) is 0 Å². The normalized spacial score (nSPS) is 23.7. The summed E-state index contributed by atoms with van der Waals surface area (Å²) in [4.78, 5) is 17.2. The molecule has 1 aromatic heterocycles. The Kier molecular flexibility index (Phi) is 5.32. The number of amides is 1. The van der Waals surface area contributed by atoms with Crippen molar-refractivity contribution in [1.29, 1.82) is 0 Å². The van der Waals surface area contributed by atoms with Crippen molar-refractivity contribution in [3.05, 3.63) is 60.0 Å². The number of fused-ring (bicyclic) bond motifs is 2. The number of piperidine rings is 1. The largest absolute Gasteiger partial charge is 0.395 e. The van der Waals surface area contributed by atoms with Crippen molar-refractivity contribution in [2.75, 3.05) is 26.2 Å². The zero-order valence-corrected chi connectivity index (χ0v) is 18.2. The van der Waals surface area contributed by atoms with Crippen molar-refractivity contribution >= 4 is 30.7 Å². The molecule has 0 aliphatic carbocycles. The number of allylic oxidation sites excluding steroid dienone is 2. The fraction of sp³-hybridized carbons (Fsp3) is 0.391. The molecule has 2 unspecified atom stereocenters. The van der Waals surface area contributed by atoms with Crippen LogP contribution in [0.5, 0.6) is 0 Å². The van der Waals surface area contributed by atoms with E-state index < -0.39 is 0 Å². The molecular weight excluding hydrogens is 395 g/mol. The van der Waals surface area contributed by atoms with Gasteiger partial charge in [-0.3, -0.25) is 9.48 Å². The maximum absolute atomic E-state index is 13.0. The van der Waals surface area contributed by atoms with Gasteiger partial charge in [-0.2, -0.15) is 5.10 Å². The topological polar surface area (TPSA) is 61.6 Å². The van der Waals surface area contributed by atoms with Crippen LogP contribution in [0.15, 0.2) is 54.4 Å². The maximum atomic E-state index is 13.0. The molecule has 7 heteroatoms. The van der Waals surface area contributed by atoms with Crippen LogP contribution in [-0.2, 0) is 11.8 Å². The van der Waals surface area contributed by atoms with Crippen LogP contribution in [0.25, 0.3) is 16.2 Å². The summed E-state index contributed by atoms with van der Waals surface area (Å²) in [6.07, 6.45) is 12.5. The first-order valence-electron chi connectivity index (χ1n) is 10.6. The van der Waals surface area contributed by atoms with Crippen molar-refractivity contribution < 1.29 is 9.90 Å². The molecule has 1 saturated heterocycles. The summed E-state index contributed by atoms with van der Waals surface area (Å²) < 4.78 is 1.82. The quantitative estimate of drug-likeness (QED) is 0.770. The van der Waals surface area contributed by atoms with Gasteiger partial charge in [0.25, 0.3) is 5.91 Å². The van der Waals surface area contributed by atoms with Gasteiger partial charge in [0.2, 0.25) is 0 Å². The molecule has 2 aromatic rings. The lowest BCUT2D eigenvalue weighted by Crippen LogP contribution is -2.38. The second-order valence-corrected chi connectivity index (χ2v) is 9.72. The highest BCUT2D eigenvalue weighted by atomic mass is 31.1. The average molecular weight is 422 g/mol. The van der Waals surface area contributed by atoms with E-state index >= 15 is 0 Å². The second kappa shape index (κ2) is 8.10. The Morgan fingerprint density at radius 1 is 1.27 bits per heavy atom. The molecule has 0 saturated carbocycles. The van der Waals surface area contributed by atoms with Gasteiger partial charge in [0.15, 0.2) is 0 Å². The van der Waals surface area contributed by atoms with Gasteiger partial charge in [-0.15, -0.1) is 0 Å². The Morgan fingerprint density at radius 3 is 2.90 bits per heavy atom. The second-order valence-electron chi connectivity index (χ2n) is 8.30. The monoisotopic (exact) mass is 422 g/mol. The Balaban J connectivity index is 1.33. The Hall–Kier alpha value is -2.27. The number of aliphatic hydroxyl groups excluding tert-OH is 1. The van der Waals surface area contributed by atoms with Crippen LogP contribution < -0.4 is 0 Å². The summed E-state index contributed by atoms with van der Waals surface area (Å²) in [5.74, 6) is 0.673. The summed E-state index contributed by atoms with van der Waals surface area (Å²) in [7, 11) is 2.46. The highest BCUT2D eigenvalue weighted by molar-refractivity contribution is 7.51. The molecule has 156 valence electrons. The first kappa shape index (κ1) is 19.7. The van der Waals surface area contributed by atoms with E-state index in [0.29, 0.717) is 14.5 Å². The van der Waals surface area contributed by atoms with Crippen LogP contribution in [0.1, 0.15) is 18.4 Å². The summed E-state index contributed by atoms with van der Waals surface area (Å²) in [5, 5.41) is 15.8. The first-order valence-corrected chi connectivity index (χ1v) is 11.7. The number of rotatable bonds is 4. The van der Waals surface area contributed by atoms with Crippen LogP contribution in [0.2, 0.25) is 0 Å². The molecule has 0 radical (unpaired) electrons. The van der Waals surface area contributed by atoms with Gasteiger partial charge in [0.05, 0.1) is 17.9 Å². The standard InChI is InChI=1S/C23H27N4O2P/c1-25-14-19-12-17(2-4-20(19)24-25)21-13-22(29)27-15-18(3-5-23(27)30-21)16-6-8-26(9-7-16)10-11-28/h2-5,12-16,23,28,30H,6-11H2,1H3. The summed E-state index contributed by atoms with van der Waals surface area (Å²) in [6.45, 7) is 3.00. The third kappa shape index (κ3) is 3.76. The molecule has 1 aromatic carbocycles. The van der Waals surface area contributed by atoms with E-state index in [2.05, 4.69) is 40.5 Å². The molecule has 2 atom stereocenters. The number of likely N-dealkylation sites (tertiary alicyclic amines) is 1. The molecule has 5 rings (SSSR count). The lowest BCUT2D eigenvalue weighted by Gasteiger charge is -2.37. The minimum Gasteiger partial charge on any atom is -0.395 e. The molecule has 30 heavy (non-hydrogen) atoms. The maximum Gasteiger partial charge on any atom is 0.252 e. The fourth-order valence-electron chi connectivity index (χ4n) is 4.65. The predicted octanol–water partition coefficient (Wildman–Crippen LogP) is 2.92. The van der Waals surface area contributed by atoms with Crippen molar-refractivity contribution in [2.45, 2.75) is 18.6 Å². The van der Waals surface area contributed by atoms with E-state index in [-0.39, 0.29) is 18.3 Å². The van der Waals surface area contributed by atoms with Crippen LogP contribution in [0.4, 0.5) is 0 Å². The van der Waals surface area contributed by atoms with E-state index in [1.807, 2.05) is 35.0 Å². The number of aromatic nitrogens is 2. The third-order valence-corrected chi connectivity index (χ3v) is 7.80. The van der Waals surface area contributed by atoms with E-state index in [1.54, 1.807) is 0 Å². The minimum absolute atomic E-state index is 0.0691. The number of benzene rings is 1. The van der Waals surface area contributed by atoms with Gasteiger partial charge in [-0.25, -0.2) is 0 Å². The number of carbonyl (C=O) groups excluding carboxylic acids is 1. The zero-order valence-electron chi connectivity index (χ0n) is 17.2. The van der Waals surface area contributed by atoms with Crippen LogP contribution >= 0.6 is 8.58 Å². The Bertz CT molecular complexity index is 1060. The highest BCUT2D eigenvalue weighted by Gasteiger charge is 2.31. The van der Waals surface area contributed by atoms with Gasteiger partial charge in [0.1, 0.15) is 0 Å².